The highest BCUT2D eigenvalue weighted by Crippen LogP contribution is 2.26. The number of hydrogen-bond donors (Lipinski definition) is 1. The lowest BCUT2D eigenvalue weighted by Crippen LogP contribution is -2.50. The fourth-order valence-electron chi connectivity index (χ4n) is 1.92. The van der Waals surface area contributed by atoms with Crippen molar-refractivity contribution >= 4 is 17.3 Å². The molecule has 0 radical (unpaired) electrons. The molecule has 88 valence electrons. The molecular formula is C11H16N2O2S. The molecule has 2 rings (SSSR count). The van der Waals surface area contributed by atoms with Crippen LogP contribution in [0.3, 0.4) is 0 Å². The number of carboxylic acid groups (broad SMARTS) is 1. The number of aliphatic carboxylic acids is 1. The van der Waals surface area contributed by atoms with Crippen LogP contribution in [0.5, 0.6) is 0 Å². The first-order valence-electron chi connectivity index (χ1n) is 5.42. The highest BCUT2D eigenvalue weighted by Gasteiger charge is 2.34. The van der Waals surface area contributed by atoms with Crippen molar-refractivity contribution in [1.82, 2.24) is 9.88 Å². The summed E-state index contributed by atoms with van der Waals surface area (Å²) in [6.45, 7) is 6.41. The maximum Gasteiger partial charge on any atom is 0.306 e. The van der Waals surface area contributed by atoms with Crippen LogP contribution in [0.4, 0.5) is 0 Å². The van der Waals surface area contributed by atoms with Crippen molar-refractivity contribution in [1.29, 1.82) is 0 Å². The molecule has 5 heteroatoms. The van der Waals surface area contributed by atoms with E-state index in [0.29, 0.717) is 5.92 Å². The molecule has 0 saturated carbocycles. The molecule has 1 saturated heterocycles. The topological polar surface area (TPSA) is 53.4 Å². The van der Waals surface area contributed by atoms with E-state index >= 15 is 0 Å². The lowest BCUT2D eigenvalue weighted by molar-refractivity contribution is -0.145. The number of hydrogen-bond acceptors (Lipinski definition) is 4. The maximum atomic E-state index is 10.8. The standard InChI is InChI=1S/C11H16N2O2S/c1-7-6-16-10(12-7)5-13-3-9(4-13)8(2)11(14)15/h6,8-9H,3-5H2,1-2H3,(H,14,15). The molecule has 1 N–H and O–H groups in total. The molecule has 1 fully saturated rings. The molecule has 0 amide bonds. The number of aryl methyl sites for hydroxylation is 1. The Morgan fingerprint density at radius 1 is 1.75 bits per heavy atom. The predicted molar refractivity (Wildman–Crippen MR) is 62.4 cm³/mol. The van der Waals surface area contributed by atoms with Gasteiger partial charge in [0.05, 0.1) is 12.5 Å². The average Bonchev–Trinajstić information content (AvgIpc) is 2.56. The Bertz CT molecular complexity index is 385. The summed E-state index contributed by atoms with van der Waals surface area (Å²) in [5.41, 5.74) is 1.07. The summed E-state index contributed by atoms with van der Waals surface area (Å²) in [6.07, 6.45) is 0. The second-order valence-corrected chi connectivity index (χ2v) is 5.41. The van der Waals surface area contributed by atoms with Gasteiger partial charge in [0, 0.05) is 24.2 Å². The van der Waals surface area contributed by atoms with Gasteiger partial charge in [-0.1, -0.05) is 6.92 Å². The summed E-state index contributed by atoms with van der Waals surface area (Å²) in [4.78, 5) is 17.4. The van der Waals surface area contributed by atoms with E-state index < -0.39 is 5.97 Å². The van der Waals surface area contributed by atoms with Gasteiger partial charge in [-0.05, 0) is 12.8 Å². The van der Waals surface area contributed by atoms with E-state index in [-0.39, 0.29) is 5.92 Å². The fraction of sp³-hybridized carbons (Fsp3) is 0.636. The molecule has 0 aromatic carbocycles. The van der Waals surface area contributed by atoms with Gasteiger partial charge >= 0.3 is 5.97 Å². The van der Waals surface area contributed by atoms with Crippen molar-refractivity contribution in [3.63, 3.8) is 0 Å². The molecule has 1 aliphatic heterocycles. The van der Waals surface area contributed by atoms with Crippen LogP contribution in [-0.2, 0) is 11.3 Å². The Labute approximate surface area is 98.9 Å². The Hall–Kier alpha value is -0.940. The monoisotopic (exact) mass is 240 g/mol. The minimum atomic E-state index is -0.685. The minimum Gasteiger partial charge on any atom is -0.481 e. The van der Waals surface area contributed by atoms with E-state index in [1.165, 1.54) is 0 Å². The minimum absolute atomic E-state index is 0.228. The predicted octanol–water partition coefficient (Wildman–Crippen LogP) is 1.60. The summed E-state index contributed by atoms with van der Waals surface area (Å²) in [6, 6.07) is 0. The number of likely N-dealkylation sites (tertiary alicyclic amines) is 1. The molecule has 1 aliphatic rings. The highest BCUT2D eigenvalue weighted by molar-refractivity contribution is 7.09. The van der Waals surface area contributed by atoms with Crippen molar-refractivity contribution in [2.75, 3.05) is 13.1 Å². The van der Waals surface area contributed by atoms with E-state index in [0.717, 1.165) is 30.3 Å². The van der Waals surface area contributed by atoms with Gasteiger partial charge < -0.3 is 5.11 Å². The zero-order valence-corrected chi connectivity index (χ0v) is 10.3. The van der Waals surface area contributed by atoms with Crippen molar-refractivity contribution in [2.45, 2.75) is 20.4 Å². The van der Waals surface area contributed by atoms with Gasteiger partial charge in [0.25, 0.3) is 0 Å². The number of carbonyl (C=O) groups is 1. The average molecular weight is 240 g/mol. The number of rotatable bonds is 4. The van der Waals surface area contributed by atoms with Gasteiger partial charge in [-0.15, -0.1) is 11.3 Å². The molecule has 1 aromatic heterocycles. The van der Waals surface area contributed by atoms with Crippen molar-refractivity contribution in [2.24, 2.45) is 11.8 Å². The third kappa shape index (κ3) is 2.41. The van der Waals surface area contributed by atoms with Crippen LogP contribution in [0.2, 0.25) is 0 Å². The summed E-state index contributed by atoms with van der Waals surface area (Å²) in [7, 11) is 0. The van der Waals surface area contributed by atoms with E-state index in [1.54, 1.807) is 18.3 Å². The Kier molecular flexibility index (Phi) is 3.25. The van der Waals surface area contributed by atoms with Crippen LogP contribution in [0.1, 0.15) is 17.6 Å². The maximum absolute atomic E-state index is 10.8. The number of nitrogens with zero attached hydrogens (tertiary/aromatic N) is 2. The molecule has 0 spiro atoms. The number of aromatic nitrogens is 1. The zero-order chi connectivity index (χ0) is 11.7. The lowest BCUT2D eigenvalue weighted by Gasteiger charge is -2.40. The molecule has 1 unspecified atom stereocenters. The van der Waals surface area contributed by atoms with Gasteiger partial charge in [-0.2, -0.15) is 0 Å². The second kappa shape index (κ2) is 4.51. The van der Waals surface area contributed by atoms with Crippen molar-refractivity contribution in [3.05, 3.63) is 16.1 Å². The molecule has 0 bridgehead atoms. The first-order valence-corrected chi connectivity index (χ1v) is 6.30. The quantitative estimate of drug-likeness (QED) is 0.868. The Balaban J connectivity index is 1.79. The van der Waals surface area contributed by atoms with Crippen LogP contribution in [0, 0.1) is 18.8 Å². The smallest absolute Gasteiger partial charge is 0.306 e. The fourth-order valence-corrected chi connectivity index (χ4v) is 2.74. The molecule has 1 atom stereocenters. The molecular weight excluding hydrogens is 224 g/mol. The van der Waals surface area contributed by atoms with Crippen LogP contribution < -0.4 is 0 Å². The van der Waals surface area contributed by atoms with Gasteiger partial charge in [0.1, 0.15) is 5.01 Å². The molecule has 16 heavy (non-hydrogen) atoms. The zero-order valence-electron chi connectivity index (χ0n) is 9.51. The van der Waals surface area contributed by atoms with Gasteiger partial charge in [-0.25, -0.2) is 4.98 Å². The van der Waals surface area contributed by atoms with E-state index in [9.17, 15) is 4.79 Å². The second-order valence-electron chi connectivity index (χ2n) is 4.46. The summed E-state index contributed by atoms with van der Waals surface area (Å²) in [5.74, 6) is -0.609. The molecule has 0 aliphatic carbocycles. The normalized spacial score (nSPS) is 19.4. The Morgan fingerprint density at radius 3 is 2.94 bits per heavy atom. The third-order valence-electron chi connectivity index (χ3n) is 3.11. The van der Waals surface area contributed by atoms with Gasteiger partial charge in [0.15, 0.2) is 0 Å². The lowest BCUT2D eigenvalue weighted by atomic mass is 9.87. The highest BCUT2D eigenvalue weighted by atomic mass is 32.1. The van der Waals surface area contributed by atoms with Crippen molar-refractivity contribution < 1.29 is 9.90 Å². The van der Waals surface area contributed by atoms with Crippen LogP contribution in [0.25, 0.3) is 0 Å². The first-order chi connectivity index (χ1) is 7.56. The largest absolute Gasteiger partial charge is 0.481 e. The van der Waals surface area contributed by atoms with E-state index in [1.807, 2.05) is 12.3 Å². The van der Waals surface area contributed by atoms with E-state index in [4.69, 9.17) is 5.11 Å². The van der Waals surface area contributed by atoms with E-state index in [2.05, 4.69) is 9.88 Å². The molecule has 4 nitrogen and oxygen atoms in total. The summed E-state index contributed by atoms with van der Waals surface area (Å²) < 4.78 is 0. The Morgan fingerprint density at radius 2 is 2.44 bits per heavy atom. The van der Waals surface area contributed by atoms with Crippen molar-refractivity contribution in [3.8, 4) is 0 Å². The van der Waals surface area contributed by atoms with Crippen LogP contribution >= 0.6 is 11.3 Å². The molecule has 1 aromatic rings. The van der Waals surface area contributed by atoms with Crippen LogP contribution in [-0.4, -0.2) is 34.0 Å². The molecule has 2 heterocycles. The summed E-state index contributed by atoms with van der Waals surface area (Å²) >= 11 is 1.67. The first kappa shape index (κ1) is 11.5. The van der Waals surface area contributed by atoms with Gasteiger partial charge in [0.2, 0.25) is 0 Å². The number of carboxylic acids is 1. The summed E-state index contributed by atoms with van der Waals surface area (Å²) in [5, 5.41) is 12.0. The van der Waals surface area contributed by atoms with Gasteiger partial charge in [-0.3, -0.25) is 9.69 Å². The third-order valence-corrected chi connectivity index (χ3v) is 4.06. The number of thiazole rings is 1. The SMILES string of the molecule is Cc1csc(CN2CC(C(C)C(=O)O)C2)n1. The van der Waals surface area contributed by atoms with Crippen LogP contribution in [0.15, 0.2) is 5.38 Å².